The summed E-state index contributed by atoms with van der Waals surface area (Å²) >= 11 is 1.37. The van der Waals surface area contributed by atoms with Gasteiger partial charge >= 0.3 is 5.97 Å². The molecule has 1 N–H and O–H groups in total. The zero-order chi connectivity index (χ0) is 21.5. The maximum atomic E-state index is 13.0. The number of amides is 1. The van der Waals surface area contributed by atoms with Crippen LogP contribution in [0.1, 0.15) is 33.6 Å². The minimum atomic E-state index is -3.60. The van der Waals surface area contributed by atoms with Crippen molar-refractivity contribution in [2.45, 2.75) is 31.8 Å². The second-order valence-electron chi connectivity index (χ2n) is 7.26. The lowest BCUT2D eigenvalue weighted by Crippen LogP contribution is -2.48. The molecule has 0 radical (unpaired) electrons. The first-order valence-corrected chi connectivity index (χ1v) is 12.2. The molecule has 0 spiro atoms. The molecule has 0 unspecified atom stereocenters. The Bertz CT molecular complexity index is 1110. The Morgan fingerprint density at radius 3 is 2.70 bits per heavy atom. The lowest BCUT2D eigenvalue weighted by atomic mass is 9.95. The predicted octanol–water partition coefficient (Wildman–Crippen LogP) is 2.58. The standard InChI is InChI=1S/C20H22N2O6S2/c1-27-20(24)17-12-7-3-6-10-16(12)29-19(17)21-18(23)15-11-22(30(2,25)26)13-8-4-5-9-14(13)28-15/h4-5,8-9,15H,3,6-7,10-11H2,1-2H3,(H,21,23)/t15-/m0/s1. The molecule has 1 amide bonds. The van der Waals surface area contributed by atoms with Gasteiger partial charge < -0.3 is 14.8 Å². The highest BCUT2D eigenvalue weighted by Crippen LogP contribution is 2.39. The summed E-state index contributed by atoms with van der Waals surface area (Å²) in [6.07, 6.45) is 3.67. The van der Waals surface area contributed by atoms with Crippen molar-refractivity contribution in [3.8, 4) is 5.75 Å². The lowest BCUT2D eigenvalue weighted by Gasteiger charge is -2.33. The zero-order valence-corrected chi connectivity index (χ0v) is 18.3. The number of rotatable bonds is 4. The number of nitrogens with one attached hydrogen (secondary N) is 1. The van der Waals surface area contributed by atoms with E-state index in [2.05, 4.69) is 5.32 Å². The fourth-order valence-corrected chi connectivity index (χ4v) is 6.01. The van der Waals surface area contributed by atoms with Crippen molar-refractivity contribution >= 4 is 43.9 Å². The summed E-state index contributed by atoms with van der Waals surface area (Å²) in [7, 11) is -2.29. The van der Waals surface area contributed by atoms with Crippen LogP contribution in [0.2, 0.25) is 0 Å². The highest BCUT2D eigenvalue weighted by Gasteiger charge is 2.36. The van der Waals surface area contributed by atoms with Crippen molar-refractivity contribution < 1.29 is 27.5 Å². The van der Waals surface area contributed by atoms with E-state index in [-0.39, 0.29) is 6.54 Å². The van der Waals surface area contributed by atoms with Gasteiger partial charge in [0.25, 0.3) is 5.91 Å². The molecule has 10 heteroatoms. The van der Waals surface area contributed by atoms with E-state index < -0.39 is 28.0 Å². The van der Waals surface area contributed by atoms with E-state index in [1.807, 2.05) is 0 Å². The topological polar surface area (TPSA) is 102 Å². The van der Waals surface area contributed by atoms with E-state index >= 15 is 0 Å². The van der Waals surface area contributed by atoms with Crippen LogP contribution >= 0.6 is 11.3 Å². The van der Waals surface area contributed by atoms with Gasteiger partial charge in [0.05, 0.1) is 31.2 Å². The van der Waals surface area contributed by atoms with Crippen molar-refractivity contribution in [2.24, 2.45) is 0 Å². The molecule has 1 aliphatic carbocycles. The summed E-state index contributed by atoms with van der Waals surface area (Å²) in [6, 6.07) is 6.67. The van der Waals surface area contributed by atoms with E-state index in [1.54, 1.807) is 24.3 Å². The highest BCUT2D eigenvalue weighted by molar-refractivity contribution is 7.92. The van der Waals surface area contributed by atoms with Crippen molar-refractivity contribution in [2.75, 3.05) is 29.5 Å². The number of hydrogen-bond acceptors (Lipinski definition) is 7. The van der Waals surface area contributed by atoms with Crippen LogP contribution in [0.5, 0.6) is 5.75 Å². The zero-order valence-electron chi connectivity index (χ0n) is 16.6. The Labute approximate surface area is 178 Å². The number of esters is 1. The minimum absolute atomic E-state index is 0.152. The van der Waals surface area contributed by atoms with E-state index in [0.29, 0.717) is 22.0 Å². The molecule has 0 bridgehead atoms. The molecule has 2 aliphatic rings. The third kappa shape index (κ3) is 3.77. The van der Waals surface area contributed by atoms with Crippen molar-refractivity contribution in [1.29, 1.82) is 0 Å². The highest BCUT2D eigenvalue weighted by atomic mass is 32.2. The van der Waals surface area contributed by atoms with Crippen molar-refractivity contribution in [3.63, 3.8) is 0 Å². The minimum Gasteiger partial charge on any atom is -0.476 e. The summed E-state index contributed by atoms with van der Waals surface area (Å²) in [5.41, 5.74) is 1.72. The van der Waals surface area contributed by atoms with Gasteiger partial charge in [0.15, 0.2) is 6.10 Å². The largest absolute Gasteiger partial charge is 0.476 e. The van der Waals surface area contributed by atoms with Gasteiger partial charge in [-0.25, -0.2) is 13.2 Å². The third-order valence-corrected chi connectivity index (χ3v) is 7.58. The first-order chi connectivity index (χ1) is 14.3. The van der Waals surface area contributed by atoms with Crippen LogP contribution in [0, 0.1) is 0 Å². The monoisotopic (exact) mass is 450 g/mol. The van der Waals surface area contributed by atoms with Gasteiger partial charge in [0.2, 0.25) is 10.0 Å². The first-order valence-electron chi connectivity index (χ1n) is 9.56. The van der Waals surface area contributed by atoms with E-state index in [4.69, 9.17) is 9.47 Å². The number of thiophene rings is 1. The number of benzene rings is 1. The van der Waals surface area contributed by atoms with Crippen LogP contribution in [-0.2, 0) is 32.4 Å². The average Bonchev–Trinajstić information content (AvgIpc) is 3.09. The van der Waals surface area contributed by atoms with Gasteiger partial charge in [-0.05, 0) is 43.4 Å². The van der Waals surface area contributed by atoms with Gasteiger partial charge in [-0.1, -0.05) is 12.1 Å². The number of carbonyl (C=O) groups excluding carboxylic acids is 2. The Balaban J connectivity index is 1.64. The number of hydrogen-bond donors (Lipinski definition) is 1. The fraction of sp³-hybridized carbons (Fsp3) is 0.400. The first kappa shape index (κ1) is 20.7. The van der Waals surface area contributed by atoms with Crippen molar-refractivity contribution in [3.05, 3.63) is 40.3 Å². The number of methoxy groups -OCH3 is 1. The third-order valence-electron chi connectivity index (χ3n) is 5.23. The summed E-state index contributed by atoms with van der Waals surface area (Å²) in [5.74, 6) is -0.688. The van der Waals surface area contributed by atoms with Crippen LogP contribution in [0.25, 0.3) is 0 Å². The van der Waals surface area contributed by atoms with Gasteiger partial charge in [-0.15, -0.1) is 11.3 Å². The molecule has 30 heavy (non-hydrogen) atoms. The predicted molar refractivity (Wildman–Crippen MR) is 114 cm³/mol. The summed E-state index contributed by atoms with van der Waals surface area (Å²) in [5, 5.41) is 3.21. The molecule has 1 aromatic heterocycles. The van der Waals surface area contributed by atoms with Crippen LogP contribution < -0.4 is 14.4 Å². The molecule has 8 nitrogen and oxygen atoms in total. The number of anilines is 2. The summed E-state index contributed by atoms with van der Waals surface area (Å²) < 4.78 is 36.4. The number of carbonyl (C=O) groups is 2. The maximum absolute atomic E-state index is 13.0. The van der Waals surface area contributed by atoms with Crippen LogP contribution in [0.15, 0.2) is 24.3 Å². The Morgan fingerprint density at radius 1 is 1.23 bits per heavy atom. The van der Waals surface area contributed by atoms with E-state index in [1.165, 1.54) is 18.4 Å². The van der Waals surface area contributed by atoms with Gasteiger partial charge in [-0.2, -0.15) is 0 Å². The molecule has 2 heterocycles. The fourth-order valence-electron chi connectivity index (χ4n) is 3.82. The second kappa shape index (κ2) is 7.92. The van der Waals surface area contributed by atoms with Gasteiger partial charge in [0, 0.05) is 4.88 Å². The smallest absolute Gasteiger partial charge is 0.341 e. The molecule has 1 aromatic carbocycles. The molecule has 160 valence electrons. The number of para-hydroxylation sites is 2. The molecular weight excluding hydrogens is 428 g/mol. The van der Waals surface area contributed by atoms with E-state index in [9.17, 15) is 18.0 Å². The molecule has 1 atom stereocenters. The van der Waals surface area contributed by atoms with Crippen LogP contribution in [-0.4, -0.2) is 46.3 Å². The Kier molecular flexibility index (Phi) is 5.46. The van der Waals surface area contributed by atoms with Gasteiger partial charge in [-0.3, -0.25) is 9.10 Å². The number of nitrogens with zero attached hydrogens (tertiary/aromatic N) is 1. The lowest BCUT2D eigenvalue weighted by molar-refractivity contribution is -0.122. The van der Waals surface area contributed by atoms with Gasteiger partial charge in [0.1, 0.15) is 10.8 Å². The molecular formula is C20H22N2O6S2. The van der Waals surface area contributed by atoms with Crippen LogP contribution in [0.4, 0.5) is 10.7 Å². The van der Waals surface area contributed by atoms with E-state index in [0.717, 1.165) is 46.7 Å². The number of fused-ring (bicyclic) bond motifs is 2. The molecule has 2 aromatic rings. The normalized spacial score (nSPS) is 18.1. The molecule has 1 aliphatic heterocycles. The summed E-state index contributed by atoms with van der Waals surface area (Å²) in [4.78, 5) is 26.5. The molecule has 0 saturated carbocycles. The maximum Gasteiger partial charge on any atom is 0.341 e. The number of sulfonamides is 1. The Morgan fingerprint density at radius 2 is 1.97 bits per heavy atom. The number of aryl methyl sites for hydroxylation is 1. The molecule has 4 rings (SSSR count). The molecule has 0 saturated heterocycles. The van der Waals surface area contributed by atoms with Crippen LogP contribution in [0.3, 0.4) is 0 Å². The Hall–Kier alpha value is -2.59. The molecule has 0 fully saturated rings. The quantitative estimate of drug-likeness (QED) is 0.719. The summed E-state index contributed by atoms with van der Waals surface area (Å²) in [6.45, 7) is -0.152. The number of ether oxygens (including phenoxy) is 2. The average molecular weight is 451 g/mol. The SMILES string of the molecule is COC(=O)c1c(NC(=O)[C@@H]2CN(S(C)(=O)=O)c3ccccc3O2)sc2c1CCCC2. The van der Waals surface area contributed by atoms with Crippen molar-refractivity contribution in [1.82, 2.24) is 0 Å². The second-order valence-corrected chi connectivity index (χ2v) is 10.3.